The minimum Gasteiger partial charge on any atom is -0.482 e. The summed E-state index contributed by atoms with van der Waals surface area (Å²) in [4.78, 5) is 21.3. The molecule has 1 rings (SSSR count). The van der Waals surface area contributed by atoms with Crippen LogP contribution in [0, 0.1) is 0 Å². The molecule has 2 amide bonds. The SMILES string of the molecule is CNC(=O)Nc1cccc(OCC(=O)O)c1. The van der Waals surface area contributed by atoms with Crippen LogP contribution in [0.4, 0.5) is 10.5 Å². The van der Waals surface area contributed by atoms with Crippen LogP contribution in [0.3, 0.4) is 0 Å². The molecule has 0 unspecified atom stereocenters. The van der Waals surface area contributed by atoms with E-state index in [0.29, 0.717) is 11.4 Å². The first kappa shape index (κ1) is 11.8. The number of carboxylic acid groups (broad SMARTS) is 1. The van der Waals surface area contributed by atoms with Gasteiger partial charge in [-0.05, 0) is 12.1 Å². The molecule has 0 radical (unpaired) electrons. The molecule has 1 aromatic carbocycles. The summed E-state index contributed by atoms with van der Waals surface area (Å²) in [6.45, 7) is -0.413. The smallest absolute Gasteiger partial charge is 0.341 e. The molecular formula is C10H12N2O4. The Morgan fingerprint density at radius 2 is 2.19 bits per heavy atom. The highest BCUT2D eigenvalue weighted by Gasteiger charge is 2.02. The largest absolute Gasteiger partial charge is 0.482 e. The molecule has 0 saturated heterocycles. The van der Waals surface area contributed by atoms with Crippen molar-refractivity contribution in [2.45, 2.75) is 0 Å². The van der Waals surface area contributed by atoms with E-state index in [0.717, 1.165) is 0 Å². The van der Waals surface area contributed by atoms with Crippen LogP contribution in [0.2, 0.25) is 0 Å². The van der Waals surface area contributed by atoms with Gasteiger partial charge in [-0.25, -0.2) is 9.59 Å². The summed E-state index contributed by atoms with van der Waals surface area (Å²) in [5, 5.41) is 13.4. The van der Waals surface area contributed by atoms with E-state index in [1.165, 1.54) is 13.1 Å². The Bertz CT molecular complexity index is 392. The summed E-state index contributed by atoms with van der Waals surface area (Å²) in [5.74, 6) is -0.666. The fraction of sp³-hybridized carbons (Fsp3) is 0.200. The van der Waals surface area contributed by atoms with Crippen LogP contribution in [0.15, 0.2) is 24.3 Å². The maximum atomic E-state index is 11.0. The number of aliphatic carboxylic acids is 1. The number of benzene rings is 1. The highest BCUT2D eigenvalue weighted by Crippen LogP contribution is 2.16. The van der Waals surface area contributed by atoms with Gasteiger partial charge in [0.2, 0.25) is 0 Å². The average molecular weight is 224 g/mol. The van der Waals surface area contributed by atoms with Gasteiger partial charge in [0.1, 0.15) is 5.75 Å². The minimum absolute atomic E-state index is 0.351. The average Bonchev–Trinajstić information content (AvgIpc) is 2.26. The van der Waals surface area contributed by atoms with Crippen molar-refractivity contribution in [3.8, 4) is 5.75 Å². The van der Waals surface area contributed by atoms with Crippen LogP contribution in [0.5, 0.6) is 5.75 Å². The van der Waals surface area contributed by atoms with Gasteiger partial charge in [0.25, 0.3) is 0 Å². The zero-order valence-corrected chi connectivity index (χ0v) is 8.69. The molecule has 6 nitrogen and oxygen atoms in total. The predicted octanol–water partition coefficient (Wildman–Crippen LogP) is 0.901. The lowest BCUT2D eigenvalue weighted by Gasteiger charge is -2.07. The second-order valence-corrected chi connectivity index (χ2v) is 2.91. The highest BCUT2D eigenvalue weighted by molar-refractivity contribution is 5.89. The number of nitrogens with one attached hydrogen (secondary N) is 2. The van der Waals surface area contributed by atoms with Crippen molar-refractivity contribution in [3.05, 3.63) is 24.3 Å². The fourth-order valence-electron chi connectivity index (χ4n) is 1.00. The Balaban J connectivity index is 2.63. The molecule has 0 aliphatic carbocycles. The Hall–Kier alpha value is -2.24. The van der Waals surface area contributed by atoms with Crippen molar-refractivity contribution >= 4 is 17.7 Å². The lowest BCUT2D eigenvalue weighted by Crippen LogP contribution is -2.24. The van der Waals surface area contributed by atoms with Gasteiger partial charge in [-0.2, -0.15) is 0 Å². The quantitative estimate of drug-likeness (QED) is 0.709. The molecule has 0 fully saturated rings. The maximum absolute atomic E-state index is 11.0. The number of carboxylic acids is 1. The predicted molar refractivity (Wildman–Crippen MR) is 57.7 cm³/mol. The molecule has 0 atom stereocenters. The van der Waals surface area contributed by atoms with Crippen LogP contribution >= 0.6 is 0 Å². The van der Waals surface area contributed by atoms with Crippen LogP contribution in [-0.4, -0.2) is 30.8 Å². The molecule has 0 aliphatic heterocycles. The van der Waals surface area contributed by atoms with Gasteiger partial charge in [-0.3, -0.25) is 0 Å². The number of rotatable bonds is 4. The molecule has 1 aromatic rings. The number of ether oxygens (including phenoxy) is 1. The van der Waals surface area contributed by atoms with Gasteiger partial charge in [-0.1, -0.05) is 6.07 Å². The second-order valence-electron chi connectivity index (χ2n) is 2.91. The maximum Gasteiger partial charge on any atom is 0.341 e. The topological polar surface area (TPSA) is 87.7 Å². The molecule has 0 aliphatic rings. The monoisotopic (exact) mass is 224 g/mol. The molecule has 6 heteroatoms. The van der Waals surface area contributed by atoms with Gasteiger partial charge in [0.15, 0.2) is 6.61 Å². The normalized spacial score (nSPS) is 9.31. The second kappa shape index (κ2) is 5.59. The van der Waals surface area contributed by atoms with E-state index in [4.69, 9.17) is 9.84 Å². The minimum atomic E-state index is -1.05. The Morgan fingerprint density at radius 1 is 1.44 bits per heavy atom. The van der Waals surface area contributed by atoms with E-state index in [9.17, 15) is 9.59 Å². The lowest BCUT2D eigenvalue weighted by molar-refractivity contribution is -0.139. The molecule has 0 saturated carbocycles. The van der Waals surface area contributed by atoms with E-state index in [1.807, 2.05) is 0 Å². The third-order valence-electron chi connectivity index (χ3n) is 1.68. The van der Waals surface area contributed by atoms with Crippen LogP contribution in [-0.2, 0) is 4.79 Å². The van der Waals surface area contributed by atoms with Crippen molar-refractivity contribution < 1.29 is 19.4 Å². The van der Waals surface area contributed by atoms with Gasteiger partial charge in [-0.15, -0.1) is 0 Å². The fourth-order valence-corrected chi connectivity index (χ4v) is 1.00. The van der Waals surface area contributed by atoms with E-state index in [2.05, 4.69) is 10.6 Å². The van der Waals surface area contributed by atoms with Crippen molar-refractivity contribution in [1.29, 1.82) is 0 Å². The van der Waals surface area contributed by atoms with Gasteiger partial charge in [0.05, 0.1) is 0 Å². The van der Waals surface area contributed by atoms with Gasteiger partial charge < -0.3 is 20.5 Å². The van der Waals surface area contributed by atoms with Crippen LogP contribution in [0.25, 0.3) is 0 Å². The number of hydrogen-bond donors (Lipinski definition) is 3. The summed E-state index contributed by atoms with van der Waals surface area (Å²) in [5.41, 5.74) is 0.530. The van der Waals surface area contributed by atoms with Crippen molar-refractivity contribution in [2.24, 2.45) is 0 Å². The first-order valence-electron chi connectivity index (χ1n) is 4.55. The number of carbonyl (C=O) groups excluding carboxylic acids is 1. The molecule has 16 heavy (non-hydrogen) atoms. The molecule has 86 valence electrons. The van der Waals surface area contributed by atoms with Crippen molar-refractivity contribution in [3.63, 3.8) is 0 Å². The molecule has 0 spiro atoms. The first-order chi connectivity index (χ1) is 7.61. The molecule has 0 heterocycles. The molecule has 0 bridgehead atoms. The van der Waals surface area contributed by atoms with Crippen molar-refractivity contribution in [2.75, 3.05) is 19.0 Å². The number of amides is 2. The first-order valence-corrected chi connectivity index (χ1v) is 4.55. The number of urea groups is 1. The number of anilines is 1. The number of hydrogen-bond acceptors (Lipinski definition) is 3. The molecular weight excluding hydrogens is 212 g/mol. The van der Waals surface area contributed by atoms with E-state index in [-0.39, 0.29) is 6.03 Å². The third kappa shape index (κ3) is 3.87. The Morgan fingerprint density at radius 3 is 2.81 bits per heavy atom. The molecule has 0 aromatic heterocycles. The van der Waals surface area contributed by atoms with E-state index < -0.39 is 12.6 Å². The highest BCUT2D eigenvalue weighted by atomic mass is 16.5. The van der Waals surface area contributed by atoms with E-state index >= 15 is 0 Å². The van der Waals surface area contributed by atoms with Crippen molar-refractivity contribution in [1.82, 2.24) is 5.32 Å². The Kier molecular flexibility index (Phi) is 4.14. The lowest BCUT2D eigenvalue weighted by atomic mass is 10.3. The summed E-state index contributed by atoms with van der Waals surface area (Å²) in [6.07, 6.45) is 0. The summed E-state index contributed by atoms with van der Waals surface area (Å²) >= 11 is 0. The number of carbonyl (C=O) groups is 2. The van der Waals surface area contributed by atoms with E-state index in [1.54, 1.807) is 18.2 Å². The standard InChI is InChI=1S/C10H12N2O4/c1-11-10(15)12-7-3-2-4-8(5-7)16-6-9(13)14/h2-5H,6H2,1H3,(H,13,14)(H2,11,12,15). The summed E-state index contributed by atoms with van der Waals surface area (Å²) in [7, 11) is 1.50. The third-order valence-corrected chi connectivity index (χ3v) is 1.68. The van der Waals surface area contributed by atoms with Crippen LogP contribution < -0.4 is 15.4 Å². The zero-order chi connectivity index (χ0) is 12.0. The van der Waals surface area contributed by atoms with Gasteiger partial charge in [0, 0.05) is 18.8 Å². The van der Waals surface area contributed by atoms with Gasteiger partial charge >= 0.3 is 12.0 Å². The van der Waals surface area contributed by atoms with Crippen LogP contribution in [0.1, 0.15) is 0 Å². The Labute approximate surface area is 92.2 Å². The summed E-state index contributed by atoms with van der Waals surface area (Å²) < 4.78 is 4.95. The zero-order valence-electron chi connectivity index (χ0n) is 8.69. The molecule has 3 N–H and O–H groups in total. The summed E-state index contributed by atoms with van der Waals surface area (Å²) in [6, 6.07) is 6.12.